The van der Waals surface area contributed by atoms with E-state index >= 15 is 0 Å². The van der Waals surface area contributed by atoms with Crippen molar-refractivity contribution in [3.05, 3.63) is 0 Å². The van der Waals surface area contributed by atoms with Gasteiger partial charge in [-0.15, -0.1) is 0 Å². The fourth-order valence-corrected chi connectivity index (χ4v) is 1.16. The van der Waals surface area contributed by atoms with Gasteiger partial charge >= 0.3 is 0 Å². The molecule has 0 radical (unpaired) electrons. The number of nitrogens with one attached hydrogen (secondary N) is 1. The van der Waals surface area contributed by atoms with E-state index < -0.39 is 0 Å². The molecule has 0 fully saturated rings. The van der Waals surface area contributed by atoms with Gasteiger partial charge < -0.3 is 15.0 Å². The van der Waals surface area contributed by atoms with E-state index in [2.05, 4.69) is 5.32 Å². The molecule has 1 N–H and O–H groups in total. The lowest BCUT2D eigenvalue weighted by molar-refractivity contribution is -0.134. The fourth-order valence-electron chi connectivity index (χ4n) is 1.16. The van der Waals surface area contributed by atoms with Gasteiger partial charge in [0.1, 0.15) is 6.61 Å². The predicted molar refractivity (Wildman–Crippen MR) is 62.0 cm³/mol. The van der Waals surface area contributed by atoms with Gasteiger partial charge in [0.15, 0.2) is 0 Å². The smallest absolute Gasteiger partial charge is 0.246 e. The van der Waals surface area contributed by atoms with Crippen molar-refractivity contribution < 1.29 is 14.3 Å². The average Bonchev–Trinajstić information content (AvgIpc) is 2.25. The molecule has 0 aromatic carbocycles. The topological polar surface area (TPSA) is 58.6 Å². The molecular weight excluding hydrogens is 208 g/mol. The van der Waals surface area contributed by atoms with Crippen LogP contribution in [0.1, 0.15) is 27.7 Å². The van der Waals surface area contributed by atoms with Crippen LogP contribution in [0.25, 0.3) is 0 Å². The van der Waals surface area contributed by atoms with Crippen LogP contribution >= 0.6 is 0 Å². The highest BCUT2D eigenvalue weighted by molar-refractivity contribution is 5.85. The van der Waals surface area contributed by atoms with Crippen LogP contribution in [0.4, 0.5) is 0 Å². The van der Waals surface area contributed by atoms with Crippen LogP contribution in [0.15, 0.2) is 0 Å². The summed E-state index contributed by atoms with van der Waals surface area (Å²) in [6, 6.07) is 0. The summed E-state index contributed by atoms with van der Waals surface area (Å²) in [6.07, 6.45) is 0.0178. The lowest BCUT2D eigenvalue weighted by atomic mass is 10.4. The van der Waals surface area contributed by atoms with Crippen molar-refractivity contribution in [2.75, 3.05) is 26.2 Å². The standard InChI is InChI=1S/C11H22N2O3/c1-5-13(6-2)11(15)7-12-10(14)8-16-9(3)4/h9H,5-8H2,1-4H3,(H,12,14). The molecule has 0 spiro atoms. The molecule has 0 aromatic heterocycles. The van der Waals surface area contributed by atoms with Crippen LogP contribution in [-0.4, -0.2) is 49.1 Å². The van der Waals surface area contributed by atoms with Crippen LogP contribution in [0, 0.1) is 0 Å². The van der Waals surface area contributed by atoms with Gasteiger partial charge in [-0.3, -0.25) is 9.59 Å². The highest BCUT2D eigenvalue weighted by Gasteiger charge is 2.11. The summed E-state index contributed by atoms with van der Waals surface area (Å²) in [5.41, 5.74) is 0. The van der Waals surface area contributed by atoms with Gasteiger partial charge in [0.2, 0.25) is 11.8 Å². The van der Waals surface area contributed by atoms with E-state index in [4.69, 9.17) is 4.74 Å². The quantitative estimate of drug-likeness (QED) is 0.688. The Morgan fingerprint density at radius 3 is 2.25 bits per heavy atom. The third-order valence-electron chi connectivity index (χ3n) is 2.10. The third-order valence-corrected chi connectivity index (χ3v) is 2.10. The molecule has 0 aliphatic heterocycles. The first-order valence-corrected chi connectivity index (χ1v) is 5.67. The average molecular weight is 230 g/mol. The summed E-state index contributed by atoms with van der Waals surface area (Å²) in [5.74, 6) is -0.322. The summed E-state index contributed by atoms with van der Waals surface area (Å²) in [4.78, 5) is 24.4. The minimum atomic E-state index is -0.255. The van der Waals surface area contributed by atoms with E-state index in [-0.39, 0.29) is 31.1 Å². The zero-order chi connectivity index (χ0) is 12.6. The molecule has 0 rings (SSSR count). The van der Waals surface area contributed by atoms with Gasteiger partial charge in [0, 0.05) is 13.1 Å². The first-order valence-electron chi connectivity index (χ1n) is 5.67. The van der Waals surface area contributed by atoms with Gasteiger partial charge in [-0.25, -0.2) is 0 Å². The molecule has 2 amide bonds. The molecule has 0 aliphatic rings. The second-order valence-electron chi connectivity index (χ2n) is 3.70. The molecule has 0 aromatic rings. The number of amides is 2. The van der Waals surface area contributed by atoms with Crippen molar-refractivity contribution in [3.8, 4) is 0 Å². The number of nitrogens with zero attached hydrogens (tertiary/aromatic N) is 1. The molecule has 0 aliphatic carbocycles. The Morgan fingerprint density at radius 1 is 1.25 bits per heavy atom. The van der Waals surface area contributed by atoms with Crippen molar-refractivity contribution in [3.63, 3.8) is 0 Å². The zero-order valence-corrected chi connectivity index (χ0v) is 10.6. The molecule has 0 saturated heterocycles. The molecule has 5 nitrogen and oxygen atoms in total. The minimum absolute atomic E-state index is 0.00317. The molecule has 0 unspecified atom stereocenters. The summed E-state index contributed by atoms with van der Waals surface area (Å²) in [5, 5.41) is 2.53. The molecule has 16 heavy (non-hydrogen) atoms. The predicted octanol–water partition coefficient (Wildman–Crippen LogP) is 0.396. The molecular formula is C11H22N2O3. The minimum Gasteiger partial charge on any atom is -0.369 e. The first-order chi connectivity index (χ1) is 7.51. The Morgan fingerprint density at radius 2 is 1.81 bits per heavy atom. The van der Waals surface area contributed by atoms with E-state index in [1.54, 1.807) is 4.90 Å². The van der Waals surface area contributed by atoms with Gasteiger partial charge in [-0.05, 0) is 27.7 Å². The molecule has 5 heteroatoms. The number of carbonyl (C=O) groups excluding carboxylic acids is 2. The summed E-state index contributed by atoms with van der Waals surface area (Å²) in [7, 11) is 0. The zero-order valence-electron chi connectivity index (χ0n) is 10.6. The van der Waals surface area contributed by atoms with Crippen molar-refractivity contribution in [1.29, 1.82) is 0 Å². The number of ether oxygens (including phenoxy) is 1. The second kappa shape index (κ2) is 8.10. The highest BCUT2D eigenvalue weighted by Crippen LogP contribution is 1.89. The molecule has 0 atom stereocenters. The van der Waals surface area contributed by atoms with E-state index in [1.165, 1.54) is 0 Å². The van der Waals surface area contributed by atoms with Gasteiger partial charge in [0.05, 0.1) is 12.6 Å². The van der Waals surface area contributed by atoms with Crippen LogP contribution in [0.3, 0.4) is 0 Å². The largest absolute Gasteiger partial charge is 0.369 e. The van der Waals surface area contributed by atoms with Crippen molar-refractivity contribution in [2.24, 2.45) is 0 Å². The first kappa shape index (κ1) is 14.9. The Hall–Kier alpha value is -1.10. The van der Waals surface area contributed by atoms with E-state index in [0.29, 0.717) is 13.1 Å². The summed E-state index contributed by atoms with van der Waals surface area (Å²) >= 11 is 0. The molecule has 0 bridgehead atoms. The van der Waals surface area contributed by atoms with Crippen LogP contribution in [0.5, 0.6) is 0 Å². The van der Waals surface area contributed by atoms with Crippen LogP contribution < -0.4 is 5.32 Å². The maximum Gasteiger partial charge on any atom is 0.246 e. The molecule has 94 valence electrons. The maximum atomic E-state index is 11.5. The van der Waals surface area contributed by atoms with Crippen molar-refractivity contribution in [1.82, 2.24) is 10.2 Å². The van der Waals surface area contributed by atoms with E-state index in [0.717, 1.165) is 0 Å². The fraction of sp³-hybridized carbons (Fsp3) is 0.818. The normalized spacial score (nSPS) is 10.3. The Bertz CT molecular complexity index is 225. The summed E-state index contributed by atoms with van der Waals surface area (Å²) < 4.78 is 5.11. The third kappa shape index (κ3) is 6.40. The maximum absolute atomic E-state index is 11.5. The number of carbonyl (C=O) groups is 2. The Kier molecular flexibility index (Phi) is 7.54. The molecule has 0 saturated carbocycles. The van der Waals surface area contributed by atoms with Crippen molar-refractivity contribution >= 4 is 11.8 Å². The van der Waals surface area contributed by atoms with Gasteiger partial charge in [0.25, 0.3) is 0 Å². The lowest BCUT2D eigenvalue weighted by Crippen LogP contribution is -2.41. The van der Waals surface area contributed by atoms with E-state index in [9.17, 15) is 9.59 Å². The van der Waals surface area contributed by atoms with Gasteiger partial charge in [-0.2, -0.15) is 0 Å². The second-order valence-corrected chi connectivity index (χ2v) is 3.70. The SMILES string of the molecule is CCN(CC)C(=O)CNC(=O)COC(C)C. The van der Waals surface area contributed by atoms with Gasteiger partial charge in [-0.1, -0.05) is 0 Å². The number of hydrogen-bond donors (Lipinski definition) is 1. The van der Waals surface area contributed by atoms with Crippen LogP contribution in [-0.2, 0) is 14.3 Å². The summed E-state index contributed by atoms with van der Waals surface area (Å²) in [6.45, 7) is 8.89. The number of rotatable bonds is 7. The Balaban J connectivity index is 3.78. The van der Waals surface area contributed by atoms with E-state index in [1.807, 2.05) is 27.7 Å². The Labute approximate surface area is 97.1 Å². The monoisotopic (exact) mass is 230 g/mol. The number of likely N-dealkylation sites (N-methyl/N-ethyl adjacent to an activating group) is 1. The lowest BCUT2D eigenvalue weighted by Gasteiger charge is -2.18. The highest BCUT2D eigenvalue weighted by atomic mass is 16.5. The number of hydrogen-bond acceptors (Lipinski definition) is 3. The van der Waals surface area contributed by atoms with Crippen molar-refractivity contribution in [2.45, 2.75) is 33.8 Å². The molecule has 0 heterocycles. The van der Waals surface area contributed by atoms with Crippen LogP contribution in [0.2, 0.25) is 0 Å².